The maximum absolute atomic E-state index is 12.4. The normalized spacial score (nSPS) is 16.5. The minimum Gasteiger partial charge on any atom is -0.494 e. The molecule has 24 heavy (non-hydrogen) atoms. The second kappa shape index (κ2) is 6.65. The van der Waals surface area contributed by atoms with Crippen molar-refractivity contribution in [1.29, 1.82) is 0 Å². The average molecular weight is 329 g/mol. The first-order valence-corrected chi connectivity index (χ1v) is 8.07. The number of carbonyl (C=O) groups is 1. The number of aromatic nitrogens is 2. The van der Waals surface area contributed by atoms with Gasteiger partial charge in [0.2, 0.25) is 5.91 Å². The van der Waals surface area contributed by atoms with Crippen LogP contribution < -0.4 is 10.1 Å². The van der Waals surface area contributed by atoms with Crippen LogP contribution in [0.2, 0.25) is 0 Å². The number of amides is 1. The molecule has 0 bridgehead atoms. The highest BCUT2D eigenvalue weighted by Gasteiger charge is 2.50. The molecule has 1 heterocycles. The van der Waals surface area contributed by atoms with Crippen LogP contribution in [-0.2, 0) is 9.53 Å². The maximum atomic E-state index is 12.4. The summed E-state index contributed by atoms with van der Waals surface area (Å²) >= 11 is 0. The lowest BCUT2D eigenvalue weighted by atomic mass is 10.1. The van der Waals surface area contributed by atoms with Crippen molar-refractivity contribution in [2.75, 3.05) is 20.8 Å². The highest BCUT2D eigenvalue weighted by Crippen LogP contribution is 2.46. The number of nitrogens with zero attached hydrogens (tertiary/aromatic N) is 2. The zero-order valence-corrected chi connectivity index (χ0v) is 14.3. The Kier molecular flexibility index (Phi) is 4.57. The minimum atomic E-state index is -0.332. The van der Waals surface area contributed by atoms with Crippen LogP contribution in [0.5, 0.6) is 5.75 Å². The quantitative estimate of drug-likeness (QED) is 0.847. The van der Waals surface area contributed by atoms with Gasteiger partial charge in [0, 0.05) is 18.9 Å². The highest BCUT2D eigenvalue weighted by atomic mass is 16.5. The van der Waals surface area contributed by atoms with Crippen molar-refractivity contribution < 1.29 is 14.3 Å². The number of methoxy groups -OCH3 is 2. The van der Waals surface area contributed by atoms with E-state index in [4.69, 9.17) is 9.47 Å². The van der Waals surface area contributed by atoms with E-state index < -0.39 is 0 Å². The summed E-state index contributed by atoms with van der Waals surface area (Å²) in [5.74, 6) is 0.808. The second-order valence-corrected chi connectivity index (χ2v) is 6.30. The summed E-state index contributed by atoms with van der Waals surface area (Å²) < 4.78 is 12.3. The number of para-hydroxylation sites is 2. The molecular formula is C18H23N3O3. The van der Waals surface area contributed by atoms with Crippen molar-refractivity contribution in [2.45, 2.75) is 25.8 Å². The van der Waals surface area contributed by atoms with Gasteiger partial charge in [-0.3, -0.25) is 4.79 Å². The molecule has 3 rings (SSSR count). The minimum absolute atomic E-state index is 0.0573. The first-order chi connectivity index (χ1) is 11.6. The molecule has 6 heteroatoms. The largest absolute Gasteiger partial charge is 0.494 e. The summed E-state index contributed by atoms with van der Waals surface area (Å²) in [6.45, 7) is 2.44. The van der Waals surface area contributed by atoms with Gasteiger partial charge in [-0.15, -0.1) is 0 Å². The van der Waals surface area contributed by atoms with Crippen molar-refractivity contribution in [2.24, 2.45) is 5.41 Å². The Morgan fingerprint density at radius 2 is 2.12 bits per heavy atom. The van der Waals surface area contributed by atoms with Crippen molar-refractivity contribution in [3.8, 4) is 11.4 Å². The van der Waals surface area contributed by atoms with E-state index in [0.29, 0.717) is 6.61 Å². The van der Waals surface area contributed by atoms with Gasteiger partial charge in [0.15, 0.2) is 0 Å². The van der Waals surface area contributed by atoms with Crippen molar-refractivity contribution in [3.05, 3.63) is 42.2 Å². The molecule has 2 aromatic rings. The summed E-state index contributed by atoms with van der Waals surface area (Å²) in [5, 5.41) is 7.47. The predicted octanol–water partition coefficient (Wildman–Crippen LogP) is 2.48. The number of nitrogens with one attached hydrogen (secondary N) is 1. The zero-order valence-electron chi connectivity index (χ0n) is 14.3. The number of hydrogen-bond acceptors (Lipinski definition) is 4. The van der Waals surface area contributed by atoms with Crippen LogP contribution in [0.15, 0.2) is 36.7 Å². The van der Waals surface area contributed by atoms with Crippen LogP contribution in [0.4, 0.5) is 0 Å². The number of hydrogen-bond donors (Lipinski definition) is 1. The van der Waals surface area contributed by atoms with Gasteiger partial charge in [0.1, 0.15) is 11.4 Å². The molecule has 1 aliphatic rings. The van der Waals surface area contributed by atoms with E-state index in [0.717, 1.165) is 29.8 Å². The number of carbonyl (C=O) groups excluding carboxylic acids is 1. The van der Waals surface area contributed by atoms with E-state index in [1.165, 1.54) is 0 Å². The van der Waals surface area contributed by atoms with Crippen molar-refractivity contribution in [3.63, 3.8) is 0 Å². The van der Waals surface area contributed by atoms with Crippen LogP contribution in [0.25, 0.3) is 5.69 Å². The van der Waals surface area contributed by atoms with Gasteiger partial charge >= 0.3 is 0 Å². The summed E-state index contributed by atoms with van der Waals surface area (Å²) in [7, 11) is 3.27. The average Bonchev–Trinajstić information content (AvgIpc) is 3.21. The first kappa shape index (κ1) is 16.5. The molecule has 1 amide bonds. The zero-order chi connectivity index (χ0) is 17.2. The molecule has 0 radical (unpaired) electrons. The van der Waals surface area contributed by atoms with E-state index in [9.17, 15) is 4.79 Å². The Morgan fingerprint density at radius 1 is 1.38 bits per heavy atom. The van der Waals surface area contributed by atoms with E-state index in [1.54, 1.807) is 25.1 Å². The van der Waals surface area contributed by atoms with Crippen LogP contribution in [0, 0.1) is 5.41 Å². The van der Waals surface area contributed by atoms with Gasteiger partial charge in [-0.2, -0.15) is 5.10 Å². The Bertz CT molecular complexity index is 722. The number of ether oxygens (including phenoxy) is 2. The molecule has 1 aliphatic carbocycles. The Labute approximate surface area is 141 Å². The van der Waals surface area contributed by atoms with Crippen LogP contribution >= 0.6 is 0 Å². The molecule has 1 atom stereocenters. The summed E-state index contributed by atoms with van der Waals surface area (Å²) in [5.41, 5.74) is 1.48. The standard InChI is InChI=1S/C18H23N3O3/c1-13(20-17(22)18(8-9-18)12-23-2)14-10-19-21(11-14)15-6-4-5-7-16(15)24-3/h4-7,10-11,13H,8-9,12H2,1-3H3,(H,20,22)/t13-/m1/s1. The molecule has 1 saturated carbocycles. The third-order valence-corrected chi connectivity index (χ3v) is 4.54. The Morgan fingerprint density at radius 3 is 2.79 bits per heavy atom. The third-order valence-electron chi connectivity index (χ3n) is 4.54. The molecule has 0 spiro atoms. The summed E-state index contributed by atoms with van der Waals surface area (Å²) in [4.78, 5) is 12.4. The second-order valence-electron chi connectivity index (χ2n) is 6.30. The first-order valence-electron chi connectivity index (χ1n) is 8.07. The van der Waals surface area contributed by atoms with Crippen LogP contribution in [0.3, 0.4) is 0 Å². The molecule has 1 aromatic carbocycles. The van der Waals surface area contributed by atoms with Gasteiger partial charge in [-0.25, -0.2) is 4.68 Å². The van der Waals surface area contributed by atoms with Crippen LogP contribution in [0.1, 0.15) is 31.4 Å². The van der Waals surface area contributed by atoms with Gasteiger partial charge in [-0.1, -0.05) is 12.1 Å². The number of rotatable bonds is 7. The van der Waals surface area contributed by atoms with Crippen molar-refractivity contribution >= 4 is 5.91 Å². The van der Waals surface area contributed by atoms with Crippen molar-refractivity contribution in [1.82, 2.24) is 15.1 Å². The highest BCUT2D eigenvalue weighted by molar-refractivity contribution is 5.85. The topological polar surface area (TPSA) is 65.4 Å². The SMILES string of the molecule is COCC1(C(=O)N[C@H](C)c2cnn(-c3ccccc3OC)c2)CC1. The van der Waals surface area contributed by atoms with Crippen LogP contribution in [-0.4, -0.2) is 36.5 Å². The predicted molar refractivity (Wildman–Crippen MR) is 90.2 cm³/mol. The van der Waals surface area contributed by atoms with E-state index >= 15 is 0 Å². The lowest BCUT2D eigenvalue weighted by Crippen LogP contribution is -2.36. The number of benzene rings is 1. The molecule has 1 aromatic heterocycles. The fourth-order valence-electron chi connectivity index (χ4n) is 2.81. The smallest absolute Gasteiger partial charge is 0.229 e. The van der Waals surface area contributed by atoms with Gasteiger partial charge in [-0.05, 0) is 31.9 Å². The lowest BCUT2D eigenvalue weighted by Gasteiger charge is -2.18. The molecule has 1 N–H and O–H groups in total. The van der Waals surface area contributed by atoms with Gasteiger partial charge < -0.3 is 14.8 Å². The molecule has 6 nitrogen and oxygen atoms in total. The third kappa shape index (κ3) is 3.14. The monoisotopic (exact) mass is 329 g/mol. The fraction of sp³-hybridized carbons (Fsp3) is 0.444. The summed E-state index contributed by atoms with van der Waals surface area (Å²) in [6.07, 6.45) is 5.46. The molecule has 128 valence electrons. The molecule has 1 fully saturated rings. The molecule has 0 saturated heterocycles. The van der Waals surface area contributed by atoms with E-state index in [1.807, 2.05) is 37.4 Å². The van der Waals surface area contributed by atoms with Gasteiger partial charge in [0.05, 0.1) is 31.4 Å². The molecular weight excluding hydrogens is 306 g/mol. The molecule has 0 aliphatic heterocycles. The summed E-state index contributed by atoms with van der Waals surface area (Å²) in [6, 6.07) is 7.57. The Balaban J connectivity index is 1.72. The maximum Gasteiger partial charge on any atom is 0.229 e. The Hall–Kier alpha value is -2.34. The molecule has 0 unspecified atom stereocenters. The van der Waals surface area contributed by atoms with E-state index in [-0.39, 0.29) is 17.4 Å². The fourth-order valence-corrected chi connectivity index (χ4v) is 2.81. The van der Waals surface area contributed by atoms with E-state index in [2.05, 4.69) is 10.4 Å². The lowest BCUT2D eigenvalue weighted by molar-refractivity contribution is -0.128. The van der Waals surface area contributed by atoms with Gasteiger partial charge in [0.25, 0.3) is 0 Å².